The lowest BCUT2D eigenvalue weighted by atomic mass is 10.1. The van der Waals surface area contributed by atoms with E-state index in [4.69, 9.17) is 22.1 Å². The molecule has 0 radical (unpaired) electrons. The van der Waals surface area contributed by atoms with E-state index in [9.17, 15) is 0 Å². The number of rotatable bonds is 3. The summed E-state index contributed by atoms with van der Waals surface area (Å²) in [5, 5.41) is 0.817. The fourth-order valence-corrected chi connectivity index (χ4v) is 3.04. The Morgan fingerprint density at radius 1 is 1.25 bits per heavy atom. The van der Waals surface area contributed by atoms with E-state index in [1.165, 1.54) is 11.1 Å². The second kappa shape index (κ2) is 5.35. The summed E-state index contributed by atoms with van der Waals surface area (Å²) in [6, 6.07) is 14.3. The summed E-state index contributed by atoms with van der Waals surface area (Å²) in [5.41, 5.74) is 9.52. The maximum Gasteiger partial charge on any atom is 0.119 e. The smallest absolute Gasteiger partial charge is 0.119 e. The van der Waals surface area contributed by atoms with E-state index in [1.54, 1.807) is 7.11 Å². The van der Waals surface area contributed by atoms with Crippen molar-refractivity contribution in [3.05, 3.63) is 58.6 Å². The lowest BCUT2D eigenvalue weighted by molar-refractivity contribution is 0.415. The second-order valence-electron chi connectivity index (χ2n) is 4.89. The molecule has 0 saturated heterocycles. The summed E-state index contributed by atoms with van der Waals surface area (Å²) >= 11 is 6.30. The lowest BCUT2D eigenvalue weighted by Gasteiger charge is -2.26. The minimum absolute atomic E-state index is 0.178. The number of fused-ring (bicyclic) bond motifs is 1. The Morgan fingerprint density at radius 3 is 2.65 bits per heavy atom. The Hall–Kier alpha value is -1.71. The third-order valence-corrected chi connectivity index (χ3v) is 4.20. The van der Waals surface area contributed by atoms with Gasteiger partial charge in [-0.15, -0.1) is 0 Å². The van der Waals surface area contributed by atoms with Crippen LogP contribution in [0.4, 0.5) is 5.69 Å². The largest absolute Gasteiger partial charge is 0.497 e. The molecule has 0 fully saturated rings. The van der Waals surface area contributed by atoms with Crippen molar-refractivity contribution in [2.45, 2.75) is 12.6 Å². The molecule has 0 aliphatic carbocycles. The number of ether oxygens (including phenoxy) is 1. The van der Waals surface area contributed by atoms with Crippen molar-refractivity contribution in [1.82, 2.24) is 0 Å². The van der Waals surface area contributed by atoms with E-state index in [2.05, 4.69) is 23.1 Å². The van der Waals surface area contributed by atoms with Crippen LogP contribution >= 0.6 is 11.6 Å². The lowest BCUT2D eigenvalue weighted by Crippen LogP contribution is -2.27. The van der Waals surface area contributed by atoms with E-state index in [0.717, 1.165) is 23.0 Å². The number of halogens is 1. The van der Waals surface area contributed by atoms with Crippen LogP contribution in [0, 0.1) is 0 Å². The van der Waals surface area contributed by atoms with Crippen molar-refractivity contribution in [3.8, 4) is 5.75 Å². The van der Waals surface area contributed by atoms with Gasteiger partial charge in [0.2, 0.25) is 0 Å². The van der Waals surface area contributed by atoms with Crippen molar-refractivity contribution in [2.24, 2.45) is 5.73 Å². The maximum absolute atomic E-state index is 6.30. The molecule has 20 heavy (non-hydrogen) atoms. The maximum atomic E-state index is 6.30. The predicted octanol–water partition coefficient (Wildman–Crippen LogP) is 3.37. The zero-order chi connectivity index (χ0) is 14.1. The monoisotopic (exact) mass is 288 g/mol. The van der Waals surface area contributed by atoms with Crippen LogP contribution in [0.1, 0.15) is 17.2 Å². The summed E-state index contributed by atoms with van der Waals surface area (Å²) < 4.78 is 5.20. The molecule has 104 valence electrons. The van der Waals surface area contributed by atoms with Crippen LogP contribution in [-0.4, -0.2) is 13.7 Å². The Bertz CT molecular complexity index is 612. The highest BCUT2D eigenvalue weighted by Crippen LogP contribution is 2.40. The quantitative estimate of drug-likeness (QED) is 0.941. The Labute approximate surface area is 123 Å². The molecule has 1 heterocycles. The van der Waals surface area contributed by atoms with Gasteiger partial charge in [0.1, 0.15) is 5.75 Å². The van der Waals surface area contributed by atoms with Crippen LogP contribution < -0.4 is 15.4 Å². The van der Waals surface area contributed by atoms with Gasteiger partial charge in [-0.3, -0.25) is 0 Å². The first-order valence-corrected chi connectivity index (χ1v) is 7.00. The average Bonchev–Trinajstić information content (AvgIpc) is 2.87. The van der Waals surface area contributed by atoms with Crippen molar-refractivity contribution in [2.75, 3.05) is 18.6 Å². The van der Waals surface area contributed by atoms with Gasteiger partial charge in [-0.1, -0.05) is 23.7 Å². The van der Waals surface area contributed by atoms with Crippen LogP contribution in [0.5, 0.6) is 5.75 Å². The van der Waals surface area contributed by atoms with Gasteiger partial charge in [0, 0.05) is 23.8 Å². The van der Waals surface area contributed by atoms with Gasteiger partial charge in [-0.2, -0.15) is 0 Å². The third kappa shape index (κ3) is 2.13. The van der Waals surface area contributed by atoms with Gasteiger partial charge in [0.15, 0.2) is 0 Å². The Kier molecular flexibility index (Phi) is 3.55. The fourth-order valence-electron chi connectivity index (χ4n) is 2.80. The summed E-state index contributed by atoms with van der Waals surface area (Å²) in [5.74, 6) is 0.854. The van der Waals surface area contributed by atoms with E-state index >= 15 is 0 Å². The molecule has 1 aliphatic rings. The number of methoxy groups -OCH3 is 1. The molecule has 1 atom stereocenters. The van der Waals surface area contributed by atoms with E-state index in [0.29, 0.717) is 6.54 Å². The summed E-state index contributed by atoms with van der Waals surface area (Å²) in [7, 11) is 1.67. The number of anilines is 1. The number of nitrogens with zero attached hydrogens (tertiary/aromatic N) is 1. The predicted molar refractivity (Wildman–Crippen MR) is 82.4 cm³/mol. The van der Waals surface area contributed by atoms with Gasteiger partial charge in [0.05, 0.1) is 13.2 Å². The Morgan fingerprint density at radius 2 is 2.00 bits per heavy atom. The number of hydrogen-bond acceptors (Lipinski definition) is 3. The highest BCUT2D eigenvalue weighted by Gasteiger charge is 2.30. The van der Waals surface area contributed by atoms with Gasteiger partial charge in [0.25, 0.3) is 0 Å². The molecule has 0 spiro atoms. The minimum Gasteiger partial charge on any atom is -0.497 e. The molecule has 4 heteroatoms. The van der Waals surface area contributed by atoms with Crippen LogP contribution in [-0.2, 0) is 6.54 Å². The van der Waals surface area contributed by atoms with Crippen LogP contribution in [0.25, 0.3) is 0 Å². The highest BCUT2D eigenvalue weighted by molar-refractivity contribution is 6.31. The van der Waals surface area contributed by atoms with E-state index in [-0.39, 0.29) is 6.04 Å². The summed E-state index contributed by atoms with van der Waals surface area (Å²) in [4.78, 5) is 2.29. The standard InChI is InChI=1S/C16H17ClN2O/c1-20-12-7-5-11(6-8-12)19-10-14-13(16(19)9-18)3-2-4-15(14)17/h2-8,16H,9-10,18H2,1H3. The van der Waals surface area contributed by atoms with E-state index in [1.807, 2.05) is 24.3 Å². The molecule has 0 amide bonds. The summed E-state index contributed by atoms with van der Waals surface area (Å²) in [6.07, 6.45) is 0. The molecule has 2 aromatic rings. The van der Waals surface area contributed by atoms with Crippen LogP contribution in [0.3, 0.4) is 0 Å². The topological polar surface area (TPSA) is 38.5 Å². The van der Waals surface area contributed by atoms with Gasteiger partial charge < -0.3 is 15.4 Å². The SMILES string of the molecule is COc1ccc(N2Cc3c(Cl)cccc3C2CN)cc1. The first kappa shape index (κ1) is 13.3. The molecule has 1 aliphatic heterocycles. The third-order valence-electron chi connectivity index (χ3n) is 3.85. The van der Waals surface area contributed by atoms with Crippen molar-refractivity contribution in [3.63, 3.8) is 0 Å². The average molecular weight is 289 g/mol. The molecular weight excluding hydrogens is 272 g/mol. The van der Waals surface area contributed by atoms with Gasteiger partial charge >= 0.3 is 0 Å². The van der Waals surface area contributed by atoms with Gasteiger partial charge in [-0.25, -0.2) is 0 Å². The second-order valence-corrected chi connectivity index (χ2v) is 5.29. The molecule has 3 rings (SSSR count). The molecule has 1 unspecified atom stereocenters. The zero-order valence-electron chi connectivity index (χ0n) is 11.3. The number of hydrogen-bond donors (Lipinski definition) is 1. The first-order chi connectivity index (χ1) is 9.74. The fraction of sp³-hybridized carbons (Fsp3) is 0.250. The zero-order valence-corrected chi connectivity index (χ0v) is 12.1. The molecule has 0 saturated carbocycles. The molecule has 0 aromatic heterocycles. The molecule has 3 nitrogen and oxygen atoms in total. The van der Waals surface area contributed by atoms with Crippen LogP contribution in [0.15, 0.2) is 42.5 Å². The van der Waals surface area contributed by atoms with Crippen molar-refractivity contribution in [1.29, 1.82) is 0 Å². The molecular formula is C16H17ClN2O. The molecule has 0 bridgehead atoms. The Balaban J connectivity index is 1.97. The highest BCUT2D eigenvalue weighted by atomic mass is 35.5. The van der Waals surface area contributed by atoms with Crippen molar-refractivity contribution >= 4 is 17.3 Å². The first-order valence-electron chi connectivity index (χ1n) is 6.62. The van der Waals surface area contributed by atoms with Gasteiger partial charge in [-0.05, 0) is 41.5 Å². The minimum atomic E-state index is 0.178. The van der Waals surface area contributed by atoms with Crippen LogP contribution in [0.2, 0.25) is 5.02 Å². The van der Waals surface area contributed by atoms with Crippen molar-refractivity contribution < 1.29 is 4.74 Å². The number of benzene rings is 2. The summed E-state index contributed by atoms with van der Waals surface area (Å²) in [6.45, 7) is 1.36. The molecule has 2 N–H and O–H groups in total. The normalized spacial score (nSPS) is 17.1. The number of nitrogens with two attached hydrogens (primary N) is 1. The molecule has 2 aromatic carbocycles. The van der Waals surface area contributed by atoms with E-state index < -0.39 is 0 Å².